The summed E-state index contributed by atoms with van der Waals surface area (Å²) in [4.78, 5) is 0. The first-order valence-corrected chi connectivity index (χ1v) is 5.89. The predicted octanol–water partition coefficient (Wildman–Crippen LogP) is 3.78. The standard InChI is InChI=1S/C13H20ClNO/c1-5-13(2,3)12(15)9-6-7-11(16-4)10(14)8-9/h6-8,12H,5,15H2,1-4H3. The molecule has 0 saturated carbocycles. The lowest BCUT2D eigenvalue weighted by Gasteiger charge is -2.31. The molecule has 0 amide bonds. The Morgan fingerprint density at radius 1 is 1.44 bits per heavy atom. The molecule has 0 aliphatic heterocycles. The van der Waals surface area contributed by atoms with E-state index in [-0.39, 0.29) is 11.5 Å². The number of methoxy groups -OCH3 is 1. The van der Waals surface area contributed by atoms with E-state index in [0.29, 0.717) is 10.8 Å². The molecule has 0 aromatic heterocycles. The molecule has 3 heteroatoms. The maximum absolute atomic E-state index is 6.24. The molecule has 2 N–H and O–H groups in total. The van der Waals surface area contributed by atoms with Gasteiger partial charge in [-0.25, -0.2) is 0 Å². The van der Waals surface area contributed by atoms with Crippen molar-refractivity contribution in [2.24, 2.45) is 11.1 Å². The number of rotatable bonds is 4. The molecule has 0 aliphatic carbocycles. The number of nitrogens with two attached hydrogens (primary N) is 1. The summed E-state index contributed by atoms with van der Waals surface area (Å²) in [6.07, 6.45) is 1.03. The topological polar surface area (TPSA) is 35.2 Å². The van der Waals surface area contributed by atoms with Gasteiger partial charge in [-0.1, -0.05) is 38.4 Å². The van der Waals surface area contributed by atoms with Crippen LogP contribution in [0.25, 0.3) is 0 Å². The average molecular weight is 242 g/mol. The maximum Gasteiger partial charge on any atom is 0.137 e. The fourth-order valence-corrected chi connectivity index (χ4v) is 1.81. The van der Waals surface area contributed by atoms with Gasteiger partial charge in [-0.15, -0.1) is 0 Å². The highest BCUT2D eigenvalue weighted by atomic mass is 35.5. The summed E-state index contributed by atoms with van der Waals surface area (Å²) in [7, 11) is 1.61. The zero-order valence-electron chi connectivity index (χ0n) is 10.4. The highest BCUT2D eigenvalue weighted by Gasteiger charge is 2.26. The largest absolute Gasteiger partial charge is 0.495 e. The van der Waals surface area contributed by atoms with Gasteiger partial charge in [-0.2, -0.15) is 0 Å². The van der Waals surface area contributed by atoms with Crippen molar-refractivity contribution in [3.05, 3.63) is 28.8 Å². The zero-order chi connectivity index (χ0) is 12.3. The van der Waals surface area contributed by atoms with Crippen LogP contribution in [-0.4, -0.2) is 7.11 Å². The Labute approximate surface area is 103 Å². The van der Waals surface area contributed by atoms with E-state index >= 15 is 0 Å². The van der Waals surface area contributed by atoms with E-state index in [1.807, 2.05) is 18.2 Å². The maximum atomic E-state index is 6.24. The van der Waals surface area contributed by atoms with Gasteiger partial charge in [0.15, 0.2) is 0 Å². The minimum absolute atomic E-state index is 0.0130. The summed E-state index contributed by atoms with van der Waals surface area (Å²) in [6, 6.07) is 5.72. The second-order valence-corrected chi connectivity index (χ2v) is 5.12. The van der Waals surface area contributed by atoms with Crippen LogP contribution in [0.5, 0.6) is 5.75 Å². The van der Waals surface area contributed by atoms with E-state index in [1.54, 1.807) is 7.11 Å². The number of hydrogen-bond donors (Lipinski definition) is 1. The Balaban J connectivity index is 3.02. The van der Waals surface area contributed by atoms with Crippen LogP contribution in [0.3, 0.4) is 0 Å². The highest BCUT2D eigenvalue weighted by Crippen LogP contribution is 2.36. The van der Waals surface area contributed by atoms with E-state index < -0.39 is 0 Å². The summed E-state index contributed by atoms with van der Waals surface area (Å²) in [5.41, 5.74) is 7.37. The van der Waals surface area contributed by atoms with E-state index in [0.717, 1.165) is 12.0 Å². The first-order valence-electron chi connectivity index (χ1n) is 5.51. The van der Waals surface area contributed by atoms with Crippen LogP contribution in [0.15, 0.2) is 18.2 Å². The van der Waals surface area contributed by atoms with Crippen LogP contribution < -0.4 is 10.5 Å². The van der Waals surface area contributed by atoms with E-state index in [1.165, 1.54) is 0 Å². The van der Waals surface area contributed by atoms with Gasteiger partial charge >= 0.3 is 0 Å². The minimum Gasteiger partial charge on any atom is -0.495 e. The van der Waals surface area contributed by atoms with Gasteiger partial charge < -0.3 is 10.5 Å². The normalized spacial score (nSPS) is 13.6. The molecule has 0 fully saturated rings. The molecule has 0 heterocycles. The number of benzene rings is 1. The number of halogens is 1. The monoisotopic (exact) mass is 241 g/mol. The van der Waals surface area contributed by atoms with E-state index in [9.17, 15) is 0 Å². The molecule has 1 aromatic rings. The lowest BCUT2D eigenvalue weighted by atomic mass is 9.79. The van der Waals surface area contributed by atoms with Gasteiger partial charge in [0, 0.05) is 6.04 Å². The van der Waals surface area contributed by atoms with E-state index in [2.05, 4.69) is 20.8 Å². The van der Waals surface area contributed by atoms with Gasteiger partial charge in [0.05, 0.1) is 12.1 Å². The quantitative estimate of drug-likeness (QED) is 0.871. The second-order valence-electron chi connectivity index (χ2n) is 4.71. The third kappa shape index (κ3) is 2.69. The highest BCUT2D eigenvalue weighted by molar-refractivity contribution is 6.32. The predicted molar refractivity (Wildman–Crippen MR) is 69.0 cm³/mol. The minimum atomic E-state index is -0.0130. The van der Waals surface area contributed by atoms with Crippen molar-refractivity contribution in [3.8, 4) is 5.75 Å². The van der Waals surface area contributed by atoms with Crippen LogP contribution in [0.2, 0.25) is 5.02 Å². The Morgan fingerprint density at radius 2 is 2.06 bits per heavy atom. The van der Waals surface area contributed by atoms with Crippen molar-refractivity contribution in [2.75, 3.05) is 7.11 Å². The molecule has 1 rings (SSSR count). The summed E-state index contributed by atoms with van der Waals surface area (Å²) in [6.45, 7) is 6.47. The third-order valence-electron chi connectivity index (χ3n) is 3.29. The molecular formula is C13H20ClNO. The molecular weight excluding hydrogens is 222 g/mol. The van der Waals surface area contributed by atoms with Gasteiger partial charge in [0.25, 0.3) is 0 Å². The molecule has 1 unspecified atom stereocenters. The molecule has 0 bridgehead atoms. The fraction of sp³-hybridized carbons (Fsp3) is 0.538. The Bertz CT molecular complexity index is 363. The zero-order valence-corrected chi connectivity index (χ0v) is 11.1. The average Bonchev–Trinajstić information content (AvgIpc) is 2.27. The van der Waals surface area contributed by atoms with Crippen molar-refractivity contribution in [3.63, 3.8) is 0 Å². The van der Waals surface area contributed by atoms with Gasteiger partial charge in [-0.05, 0) is 29.5 Å². The first-order chi connectivity index (χ1) is 7.42. The van der Waals surface area contributed by atoms with Crippen LogP contribution >= 0.6 is 11.6 Å². The number of ether oxygens (including phenoxy) is 1. The smallest absolute Gasteiger partial charge is 0.137 e. The number of hydrogen-bond acceptors (Lipinski definition) is 2. The summed E-state index contributed by atoms with van der Waals surface area (Å²) in [5.74, 6) is 0.687. The van der Waals surface area contributed by atoms with Crippen LogP contribution in [-0.2, 0) is 0 Å². The second kappa shape index (κ2) is 5.07. The molecule has 16 heavy (non-hydrogen) atoms. The Hall–Kier alpha value is -0.730. The summed E-state index contributed by atoms with van der Waals surface area (Å²) < 4.78 is 5.12. The fourth-order valence-electron chi connectivity index (χ4n) is 1.55. The van der Waals surface area contributed by atoms with Crippen molar-refractivity contribution in [1.82, 2.24) is 0 Å². The van der Waals surface area contributed by atoms with Crippen LogP contribution in [0, 0.1) is 5.41 Å². The van der Waals surface area contributed by atoms with Crippen molar-refractivity contribution in [1.29, 1.82) is 0 Å². The molecule has 0 aliphatic rings. The molecule has 0 radical (unpaired) electrons. The Morgan fingerprint density at radius 3 is 2.50 bits per heavy atom. The molecule has 1 atom stereocenters. The van der Waals surface area contributed by atoms with Crippen LogP contribution in [0.1, 0.15) is 38.8 Å². The lowest BCUT2D eigenvalue weighted by Crippen LogP contribution is -2.28. The first kappa shape index (κ1) is 13.3. The van der Waals surface area contributed by atoms with Crippen LogP contribution in [0.4, 0.5) is 0 Å². The molecule has 1 aromatic carbocycles. The van der Waals surface area contributed by atoms with Crippen molar-refractivity contribution in [2.45, 2.75) is 33.2 Å². The summed E-state index contributed by atoms with van der Waals surface area (Å²) >= 11 is 6.09. The van der Waals surface area contributed by atoms with Gasteiger partial charge in [0.1, 0.15) is 5.75 Å². The molecule has 0 saturated heterocycles. The SMILES string of the molecule is CCC(C)(C)C(N)c1ccc(OC)c(Cl)c1. The van der Waals surface area contributed by atoms with Crippen molar-refractivity contribution < 1.29 is 4.74 Å². The van der Waals surface area contributed by atoms with Crippen molar-refractivity contribution >= 4 is 11.6 Å². The Kier molecular flexibility index (Phi) is 4.22. The van der Waals surface area contributed by atoms with E-state index in [4.69, 9.17) is 22.1 Å². The third-order valence-corrected chi connectivity index (χ3v) is 3.58. The van der Waals surface area contributed by atoms with Gasteiger partial charge in [0.2, 0.25) is 0 Å². The molecule has 90 valence electrons. The molecule has 0 spiro atoms. The van der Waals surface area contributed by atoms with Gasteiger partial charge in [-0.3, -0.25) is 0 Å². The summed E-state index contributed by atoms with van der Waals surface area (Å²) in [5, 5.41) is 0.613. The lowest BCUT2D eigenvalue weighted by molar-refractivity contribution is 0.278. The molecule has 2 nitrogen and oxygen atoms in total.